The maximum absolute atomic E-state index is 11.4. The summed E-state index contributed by atoms with van der Waals surface area (Å²) in [6.07, 6.45) is 0. The molecule has 0 fully saturated rings. The standard InChI is InChI=1S/C16H19NO2S.C6H5ClO.C5H5NOS.C2H6/c1-10(2)17(4)13-9-14(20-15(13)16(18)19)12-7-5-11(3)6-8-12;7-5-1-3-6(8)4-2-5;1-4(7)5-2-8-3-6-5;1-2/h5-10H,1-4H3,(H,18,19);1-4,8H;2-3H,1H3;1-2H3. The molecule has 0 aliphatic carbocycles. The molecule has 2 heterocycles. The molecule has 0 aliphatic rings. The van der Waals surface area contributed by atoms with Crippen LogP contribution in [0.25, 0.3) is 10.4 Å². The molecule has 4 rings (SSSR count). The molecule has 2 aromatic heterocycles. The molecule has 0 bridgehead atoms. The number of benzene rings is 2. The number of thiazole rings is 1. The summed E-state index contributed by atoms with van der Waals surface area (Å²) in [5.41, 5.74) is 5.26. The summed E-state index contributed by atoms with van der Waals surface area (Å²) in [5, 5.41) is 20.5. The van der Waals surface area contributed by atoms with Gasteiger partial charge < -0.3 is 15.1 Å². The summed E-state index contributed by atoms with van der Waals surface area (Å²) < 4.78 is 0. The fraction of sp³-hybridized carbons (Fsp3) is 0.276. The second-order valence-corrected chi connectivity index (χ2v) is 10.3. The van der Waals surface area contributed by atoms with Gasteiger partial charge in [-0.2, -0.15) is 0 Å². The van der Waals surface area contributed by atoms with Crippen LogP contribution < -0.4 is 4.90 Å². The lowest BCUT2D eigenvalue weighted by molar-refractivity contribution is 0.0702. The number of hydrogen-bond donors (Lipinski definition) is 2. The highest BCUT2D eigenvalue weighted by atomic mass is 35.5. The number of halogens is 1. The second-order valence-electron chi connectivity index (χ2n) is 8.11. The molecular weight excluding hydrogens is 540 g/mol. The van der Waals surface area contributed by atoms with Gasteiger partial charge in [-0.1, -0.05) is 55.3 Å². The number of aromatic carboxylic acids is 1. The van der Waals surface area contributed by atoms with Gasteiger partial charge in [0.25, 0.3) is 0 Å². The Morgan fingerprint density at radius 1 is 1.03 bits per heavy atom. The number of carbonyl (C=O) groups excluding carboxylic acids is 1. The molecule has 0 saturated heterocycles. The second kappa shape index (κ2) is 16.6. The molecule has 0 aliphatic heterocycles. The number of Topliss-reactive ketones (excluding diaryl/α,β-unsaturated/α-hetero) is 1. The number of aromatic nitrogens is 1. The zero-order valence-corrected chi connectivity index (χ0v) is 25.1. The van der Waals surface area contributed by atoms with Gasteiger partial charge in [0, 0.05) is 35.3 Å². The first kappa shape index (κ1) is 32.8. The normalized spacial score (nSPS) is 9.71. The first-order chi connectivity index (χ1) is 18.0. The highest BCUT2D eigenvalue weighted by Crippen LogP contribution is 2.37. The van der Waals surface area contributed by atoms with E-state index in [9.17, 15) is 14.7 Å². The number of carboxylic acid groups (broad SMARTS) is 1. The van der Waals surface area contributed by atoms with E-state index in [1.807, 2.05) is 63.1 Å². The Labute approximate surface area is 238 Å². The van der Waals surface area contributed by atoms with Crippen LogP contribution in [-0.4, -0.2) is 40.0 Å². The molecule has 0 spiro atoms. The lowest BCUT2D eigenvalue weighted by Crippen LogP contribution is -2.26. The molecular formula is C29H35ClN2O4S2. The summed E-state index contributed by atoms with van der Waals surface area (Å²) in [4.78, 5) is 29.1. The van der Waals surface area contributed by atoms with Gasteiger partial charge in [-0.3, -0.25) is 4.79 Å². The minimum Gasteiger partial charge on any atom is -0.508 e. The molecule has 2 aromatic carbocycles. The third kappa shape index (κ3) is 10.7. The number of rotatable bonds is 5. The fourth-order valence-electron chi connectivity index (χ4n) is 2.76. The Balaban J connectivity index is 0.000000328. The van der Waals surface area contributed by atoms with Crippen LogP contribution in [-0.2, 0) is 0 Å². The summed E-state index contributed by atoms with van der Waals surface area (Å²) in [6.45, 7) is 11.7. The number of phenolic OH excluding ortho intramolecular Hbond substituents is 1. The van der Waals surface area contributed by atoms with Crippen LogP contribution in [0.5, 0.6) is 5.75 Å². The molecule has 0 radical (unpaired) electrons. The van der Waals surface area contributed by atoms with Crippen molar-refractivity contribution in [3.05, 3.63) is 86.6 Å². The number of aryl methyl sites for hydroxylation is 1. The molecule has 0 saturated carbocycles. The first-order valence-electron chi connectivity index (χ1n) is 12.0. The maximum Gasteiger partial charge on any atom is 0.348 e. The number of anilines is 1. The van der Waals surface area contributed by atoms with Crippen LogP contribution in [0.15, 0.2) is 65.5 Å². The van der Waals surface area contributed by atoms with Crippen molar-refractivity contribution in [3.63, 3.8) is 0 Å². The first-order valence-corrected chi connectivity index (χ1v) is 14.1. The van der Waals surface area contributed by atoms with E-state index in [4.69, 9.17) is 16.7 Å². The van der Waals surface area contributed by atoms with E-state index in [-0.39, 0.29) is 17.6 Å². The average Bonchev–Trinajstić information content (AvgIpc) is 3.59. The summed E-state index contributed by atoms with van der Waals surface area (Å²) in [6, 6.07) is 16.7. The SMILES string of the molecule is CC.CC(=O)c1cscn1.Cc1ccc(-c2cc(N(C)C(C)C)c(C(=O)O)s2)cc1.Oc1ccc(Cl)cc1. The van der Waals surface area contributed by atoms with Gasteiger partial charge in [0.15, 0.2) is 5.78 Å². The van der Waals surface area contributed by atoms with Gasteiger partial charge >= 0.3 is 5.97 Å². The lowest BCUT2D eigenvalue weighted by Gasteiger charge is -2.23. The number of phenols is 1. The highest BCUT2D eigenvalue weighted by Gasteiger charge is 2.20. The third-order valence-corrected chi connectivity index (χ3v) is 7.02. The number of hydrogen-bond acceptors (Lipinski definition) is 7. The van der Waals surface area contributed by atoms with Crippen molar-refractivity contribution in [2.75, 3.05) is 11.9 Å². The van der Waals surface area contributed by atoms with Crippen LogP contribution in [0.1, 0.15) is 60.3 Å². The van der Waals surface area contributed by atoms with Gasteiger partial charge in [-0.05, 0) is 56.7 Å². The zero-order chi connectivity index (χ0) is 28.8. The Bertz CT molecular complexity index is 1230. The van der Waals surface area contributed by atoms with E-state index in [1.54, 1.807) is 35.2 Å². The number of thiophene rings is 1. The van der Waals surface area contributed by atoms with Crippen molar-refractivity contribution >= 4 is 51.7 Å². The Hall–Kier alpha value is -3.20. The zero-order valence-electron chi connectivity index (χ0n) is 22.7. The molecule has 9 heteroatoms. The largest absolute Gasteiger partial charge is 0.508 e. The number of aromatic hydroxyl groups is 1. The van der Waals surface area contributed by atoms with Crippen molar-refractivity contribution in [3.8, 4) is 16.2 Å². The van der Waals surface area contributed by atoms with E-state index >= 15 is 0 Å². The van der Waals surface area contributed by atoms with Crippen LogP contribution in [0, 0.1) is 6.92 Å². The highest BCUT2D eigenvalue weighted by molar-refractivity contribution is 7.18. The topological polar surface area (TPSA) is 90.7 Å². The van der Waals surface area contributed by atoms with Gasteiger partial charge in [0.1, 0.15) is 16.3 Å². The number of nitrogens with zero attached hydrogens (tertiary/aromatic N) is 2. The summed E-state index contributed by atoms with van der Waals surface area (Å²) in [7, 11) is 1.93. The molecule has 4 aromatic rings. The van der Waals surface area contributed by atoms with Gasteiger partial charge in [-0.25, -0.2) is 9.78 Å². The van der Waals surface area contributed by atoms with Gasteiger partial charge in [0.05, 0.1) is 11.2 Å². The van der Waals surface area contributed by atoms with Crippen molar-refractivity contribution in [1.82, 2.24) is 4.98 Å². The van der Waals surface area contributed by atoms with Crippen molar-refractivity contribution in [1.29, 1.82) is 0 Å². The number of carboxylic acids is 1. The monoisotopic (exact) mass is 574 g/mol. The Morgan fingerprint density at radius 2 is 1.61 bits per heavy atom. The van der Waals surface area contributed by atoms with E-state index in [0.29, 0.717) is 15.6 Å². The van der Waals surface area contributed by atoms with Crippen molar-refractivity contribution in [2.24, 2.45) is 0 Å². The summed E-state index contributed by atoms with van der Waals surface area (Å²) >= 11 is 8.27. The van der Waals surface area contributed by atoms with Crippen LogP contribution in [0.3, 0.4) is 0 Å². The number of carbonyl (C=O) groups is 2. The molecule has 0 amide bonds. The predicted molar refractivity (Wildman–Crippen MR) is 162 cm³/mol. The van der Waals surface area contributed by atoms with Crippen LogP contribution in [0.4, 0.5) is 5.69 Å². The van der Waals surface area contributed by atoms with Crippen molar-refractivity contribution < 1.29 is 19.8 Å². The van der Waals surface area contributed by atoms with Crippen LogP contribution in [0.2, 0.25) is 5.02 Å². The third-order valence-electron chi connectivity index (χ3n) is 5.02. The van der Waals surface area contributed by atoms with E-state index in [2.05, 4.69) is 18.8 Å². The molecule has 0 unspecified atom stereocenters. The molecule has 2 N–H and O–H groups in total. The quantitative estimate of drug-likeness (QED) is 0.232. The molecule has 204 valence electrons. The number of ketones is 1. The van der Waals surface area contributed by atoms with E-state index in [1.165, 1.54) is 35.2 Å². The predicted octanol–water partition coefficient (Wildman–Crippen LogP) is 8.68. The fourth-order valence-corrected chi connectivity index (χ4v) is 4.52. The van der Waals surface area contributed by atoms with Gasteiger partial charge in [-0.15, -0.1) is 22.7 Å². The maximum atomic E-state index is 11.4. The minimum absolute atomic E-state index is 0.0336. The smallest absolute Gasteiger partial charge is 0.348 e. The molecule has 0 atom stereocenters. The Morgan fingerprint density at radius 3 is 2.00 bits per heavy atom. The van der Waals surface area contributed by atoms with Crippen molar-refractivity contribution in [2.45, 2.75) is 47.6 Å². The van der Waals surface area contributed by atoms with E-state index in [0.717, 1.165) is 16.1 Å². The summed E-state index contributed by atoms with van der Waals surface area (Å²) in [5.74, 6) is -0.587. The molecule has 6 nitrogen and oxygen atoms in total. The average molecular weight is 575 g/mol. The Kier molecular flexibility index (Phi) is 14.3. The van der Waals surface area contributed by atoms with E-state index < -0.39 is 5.97 Å². The molecule has 38 heavy (non-hydrogen) atoms. The van der Waals surface area contributed by atoms with Crippen LogP contribution >= 0.6 is 34.3 Å². The lowest BCUT2D eigenvalue weighted by atomic mass is 10.1. The minimum atomic E-state index is -0.865. The van der Waals surface area contributed by atoms with Gasteiger partial charge in [0.2, 0.25) is 0 Å².